The molecule has 19 heavy (non-hydrogen) atoms. The smallest absolute Gasteiger partial charge is 0.272 e. The van der Waals surface area contributed by atoms with E-state index in [9.17, 15) is 4.79 Å². The molecule has 8 heteroatoms. The number of nitrogens with zero attached hydrogens (tertiary/aromatic N) is 5. The van der Waals surface area contributed by atoms with Crippen LogP contribution in [0, 0.1) is 0 Å². The van der Waals surface area contributed by atoms with Gasteiger partial charge in [-0.3, -0.25) is 4.79 Å². The molecule has 0 aliphatic heterocycles. The zero-order chi connectivity index (χ0) is 13.8. The summed E-state index contributed by atoms with van der Waals surface area (Å²) in [7, 11) is 3.55. The summed E-state index contributed by atoms with van der Waals surface area (Å²) in [6, 6.07) is 3.04. The van der Waals surface area contributed by atoms with E-state index in [2.05, 4.69) is 31.0 Å². The van der Waals surface area contributed by atoms with Gasteiger partial charge in [0.25, 0.3) is 5.91 Å². The van der Waals surface area contributed by atoms with Gasteiger partial charge >= 0.3 is 0 Å². The summed E-state index contributed by atoms with van der Waals surface area (Å²) >= 11 is 0. The monoisotopic (exact) mass is 261 g/mol. The molecule has 1 atom stereocenters. The van der Waals surface area contributed by atoms with Crippen molar-refractivity contribution in [3.05, 3.63) is 30.0 Å². The van der Waals surface area contributed by atoms with Crippen LogP contribution in [-0.2, 0) is 7.05 Å². The van der Waals surface area contributed by atoms with Crippen LogP contribution in [0.4, 0.5) is 5.82 Å². The zero-order valence-corrected chi connectivity index (χ0v) is 11.0. The summed E-state index contributed by atoms with van der Waals surface area (Å²) < 4.78 is 1.75. The van der Waals surface area contributed by atoms with Gasteiger partial charge in [-0.1, -0.05) is 0 Å². The number of carbonyl (C=O) groups is 1. The quantitative estimate of drug-likeness (QED) is 0.812. The molecule has 1 unspecified atom stereocenters. The van der Waals surface area contributed by atoms with E-state index in [1.165, 1.54) is 0 Å². The number of hydrogen-bond donors (Lipinski definition) is 2. The molecule has 0 spiro atoms. The Morgan fingerprint density at radius 2 is 2.11 bits per heavy atom. The van der Waals surface area contributed by atoms with Crippen LogP contribution in [-0.4, -0.2) is 37.9 Å². The highest BCUT2D eigenvalue weighted by atomic mass is 16.2. The summed E-state index contributed by atoms with van der Waals surface area (Å²) in [5.74, 6) is 0.983. The zero-order valence-electron chi connectivity index (χ0n) is 11.0. The predicted octanol–water partition coefficient (Wildman–Crippen LogP) is 0.138. The largest absolute Gasteiger partial charge is 0.372 e. The van der Waals surface area contributed by atoms with Crippen molar-refractivity contribution < 1.29 is 4.79 Å². The molecular formula is C11H15N7O. The first-order chi connectivity index (χ1) is 9.11. The van der Waals surface area contributed by atoms with Crippen molar-refractivity contribution in [2.75, 3.05) is 12.4 Å². The fourth-order valence-electron chi connectivity index (χ4n) is 1.61. The number of nitrogens with one attached hydrogen (secondary N) is 2. The molecule has 8 nitrogen and oxygen atoms in total. The second-order valence-corrected chi connectivity index (χ2v) is 4.05. The molecule has 2 N–H and O–H groups in total. The van der Waals surface area contributed by atoms with Gasteiger partial charge in [0.15, 0.2) is 11.5 Å². The number of anilines is 1. The standard InChI is InChI=1S/C11H15N7O/c1-7(10-17-13-6-18(10)3)14-11(19)8-4-5-9(12-2)16-15-8/h4-7H,1-3H3,(H,12,16)(H,14,19). The van der Waals surface area contributed by atoms with Crippen molar-refractivity contribution in [2.45, 2.75) is 13.0 Å². The van der Waals surface area contributed by atoms with E-state index in [0.717, 1.165) is 0 Å². The Bertz CT molecular complexity index is 563. The van der Waals surface area contributed by atoms with Crippen LogP contribution in [0.3, 0.4) is 0 Å². The van der Waals surface area contributed by atoms with E-state index in [4.69, 9.17) is 0 Å². The molecule has 0 aliphatic rings. The fraction of sp³-hybridized carbons (Fsp3) is 0.364. The molecule has 100 valence electrons. The third-order valence-corrected chi connectivity index (χ3v) is 2.63. The lowest BCUT2D eigenvalue weighted by atomic mass is 10.3. The Kier molecular flexibility index (Phi) is 3.69. The normalized spacial score (nSPS) is 11.9. The molecule has 0 radical (unpaired) electrons. The van der Waals surface area contributed by atoms with Gasteiger partial charge in [-0.2, -0.15) is 0 Å². The highest BCUT2D eigenvalue weighted by Crippen LogP contribution is 2.08. The number of rotatable bonds is 4. The van der Waals surface area contributed by atoms with E-state index in [-0.39, 0.29) is 17.6 Å². The van der Waals surface area contributed by atoms with Crippen LogP contribution in [0.15, 0.2) is 18.5 Å². The van der Waals surface area contributed by atoms with Gasteiger partial charge in [0, 0.05) is 14.1 Å². The SMILES string of the molecule is CNc1ccc(C(=O)NC(C)c2nncn2C)nn1. The van der Waals surface area contributed by atoms with Crippen molar-refractivity contribution in [2.24, 2.45) is 7.05 Å². The average molecular weight is 261 g/mol. The van der Waals surface area contributed by atoms with Crippen LogP contribution >= 0.6 is 0 Å². The summed E-state index contributed by atoms with van der Waals surface area (Å²) in [5.41, 5.74) is 0.257. The maximum Gasteiger partial charge on any atom is 0.272 e. The minimum Gasteiger partial charge on any atom is -0.372 e. The second kappa shape index (κ2) is 5.42. The van der Waals surface area contributed by atoms with Gasteiger partial charge in [-0.15, -0.1) is 20.4 Å². The van der Waals surface area contributed by atoms with Gasteiger partial charge in [-0.05, 0) is 19.1 Å². The average Bonchev–Trinajstić information content (AvgIpc) is 2.85. The molecule has 0 bridgehead atoms. The van der Waals surface area contributed by atoms with Gasteiger partial charge < -0.3 is 15.2 Å². The predicted molar refractivity (Wildman–Crippen MR) is 68.5 cm³/mol. The molecule has 2 aromatic heterocycles. The Morgan fingerprint density at radius 1 is 1.32 bits per heavy atom. The molecule has 2 aromatic rings. The first-order valence-corrected chi connectivity index (χ1v) is 5.78. The summed E-state index contributed by atoms with van der Waals surface area (Å²) in [6.45, 7) is 1.83. The summed E-state index contributed by atoms with van der Waals surface area (Å²) in [4.78, 5) is 12.0. The first kappa shape index (κ1) is 12.9. The van der Waals surface area contributed by atoms with Gasteiger partial charge in [-0.25, -0.2) is 0 Å². The van der Waals surface area contributed by atoms with Gasteiger partial charge in [0.1, 0.15) is 12.1 Å². The van der Waals surface area contributed by atoms with Crippen molar-refractivity contribution >= 4 is 11.7 Å². The van der Waals surface area contributed by atoms with E-state index in [0.29, 0.717) is 11.6 Å². The van der Waals surface area contributed by atoms with Crippen molar-refractivity contribution in [3.8, 4) is 0 Å². The fourth-order valence-corrected chi connectivity index (χ4v) is 1.61. The molecule has 2 rings (SSSR count). The molecule has 2 heterocycles. The number of hydrogen-bond acceptors (Lipinski definition) is 6. The lowest BCUT2D eigenvalue weighted by Crippen LogP contribution is -2.29. The van der Waals surface area contributed by atoms with Crippen molar-refractivity contribution in [1.29, 1.82) is 0 Å². The number of aromatic nitrogens is 5. The summed E-state index contributed by atoms with van der Waals surface area (Å²) in [6.07, 6.45) is 1.58. The lowest BCUT2D eigenvalue weighted by molar-refractivity contribution is 0.0931. The molecule has 0 aliphatic carbocycles. The Hall–Kier alpha value is -2.51. The highest BCUT2D eigenvalue weighted by Gasteiger charge is 2.16. The number of aryl methyl sites for hydroxylation is 1. The van der Waals surface area contributed by atoms with Crippen LogP contribution in [0.25, 0.3) is 0 Å². The maximum atomic E-state index is 12.0. The molecular weight excluding hydrogens is 246 g/mol. The minimum absolute atomic E-state index is 0.257. The van der Waals surface area contributed by atoms with Crippen molar-refractivity contribution in [1.82, 2.24) is 30.3 Å². The van der Waals surface area contributed by atoms with Gasteiger partial charge in [0.2, 0.25) is 0 Å². The third kappa shape index (κ3) is 2.84. The van der Waals surface area contributed by atoms with Crippen LogP contribution in [0.5, 0.6) is 0 Å². The maximum absolute atomic E-state index is 12.0. The number of amides is 1. The van der Waals surface area contributed by atoms with Crippen LogP contribution in [0.2, 0.25) is 0 Å². The molecule has 0 aromatic carbocycles. The van der Waals surface area contributed by atoms with E-state index in [1.807, 2.05) is 14.0 Å². The minimum atomic E-state index is -0.300. The third-order valence-electron chi connectivity index (χ3n) is 2.63. The molecule has 0 saturated heterocycles. The molecule has 0 saturated carbocycles. The van der Waals surface area contributed by atoms with Gasteiger partial charge in [0.05, 0.1) is 6.04 Å². The Morgan fingerprint density at radius 3 is 2.63 bits per heavy atom. The first-order valence-electron chi connectivity index (χ1n) is 5.78. The molecule has 1 amide bonds. The lowest BCUT2D eigenvalue weighted by Gasteiger charge is -2.12. The van der Waals surface area contributed by atoms with E-state index in [1.54, 1.807) is 30.1 Å². The topological polar surface area (TPSA) is 97.6 Å². The Labute approximate surface area is 110 Å². The van der Waals surface area contributed by atoms with E-state index < -0.39 is 0 Å². The Balaban J connectivity index is 2.06. The summed E-state index contributed by atoms with van der Waals surface area (Å²) in [5, 5.41) is 21.0. The van der Waals surface area contributed by atoms with E-state index >= 15 is 0 Å². The second-order valence-electron chi connectivity index (χ2n) is 4.05. The van der Waals surface area contributed by atoms with Crippen molar-refractivity contribution in [3.63, 3.8) is 0 Å². The highest BCUT2D eigenvalue weighted by molar-refractivity contribution is 5.92. The number of carbonyl (C=O) groups excluding carboxylic acids is 1. The van der Waals surface area contributed by atoms with Crippen LogP contribution in [0.1, 0.15) is 29.3 Å². The van der Waals surface area contributed by atoms with Crippen LogP contribution < -0.4 is 10.6 Å². The molecule has 0 fully saturated rings.